The summed E-state index contributed by atoms with van der Waals surface area (Å²) in [4.78, 5) is 15.6. The van der Waals surface area contributed by atoms with Gasteiger partial charge in [0, 0.05) is 12.3 Å². The molecule has 2 aromatic heterocycles. The van der Waals surface area contributed by atoms with E-state index < -0.39 is 0 Å². The summed E-state index contributed by atoms with van der Waals surface area (Å²) < 4.78 is 5.07. The first-order chi connectivity index (χ1) is 8.24. The Morgan fingerprint density at radius 2 is 2.29 bits per heavy atom. The smallest absolute Gasteiger partial charge is 0.249 e. The van der Waals surface area contributed by atoms with Gasteiger partial charge in [-0.2, -0.15) is 0 Å². The van der Waals surface area contributed by atoms with Crippen LogP contribution in [0.5, 0.6) is 0 Å². The maximum atomic E-state index is 11.5. The summed E-state index contributed by atoms with van der Waals surface area (Å²) in [7, 11) is 0. The average molecular weight is 228 g/mol. The summed E-state index contributed by atoms with van der Waals surface area (Å²) in [5.41, 5.74) is 1.05. The van der Waals surface area contributed by atoms with Crippen molar-refractivity contribution < 1.29 is 9.21 Å². The van der Waals surface area contributed by atoms with E-state index in [2.05, 4.69) is 10.3 Å². The molecule has 0 bridgehead atoms. The standard InChI is InChI=1S/C13H12N2O2/c1-10-4-6-12(14-9-10)15-13(16)7-5-11-3-2-8-17-11/h2-9H,1H3,(H,14,15,16). The Balaban J connectivity index is 1.95. The molecular formula is C13H12N2O2. The summed E-state index contributed by atoms with van der Waals surface area (Å²) in [6.07, 6.45) is 6.26. The van der Waals surface area contributed by atoms with Gasteiger partial charge in [-0.1, -0.05) is 6.07 Å². The van der Waals surface area contributed by atoms with E-state index in [0.717, 1.165) is 5.56 Å². The van der Waals surface area contributed by atoms with Crippen LogP contribution in [-0.4, -0.2) is 10.9 Å². The van der Waals surface area contributed by atoms with E-state index in [1.54, 1.807) is 36.7 Å². The average Bonchev–Trinajstić information content (AvgIpc) is 2.83. The van der Waals surface area contributed by atoms with E-state index in [9.17, 15) is 4.79 Å². The highest BCUT2D eigenvalue weighted by atomic mass is 16.3. The molecule has 86 valence electrons. The van der Waals surface area contributed by atoms with Crippen molar-refractivity contribution >= 4 is 17.8 Å². The molecule has 1 N–H and O–H groups in total. The van der Waals surface area contributed by atoms with Gasteiger partial charge in [-0.3, -0.25) is 4.79 Å². The number of carbonyl (C=O) groups is 1. The Kier molecular flexibility index (Phi) is 3.35. The van der Waals surface area contributed by atoms with Crippen LogP contribution < -0.4 is 5.32 Å². The Bertz CT molecular complexity index is 513. The van der Waals surface area contributed by atoms with Gasteiger partial charge in [-0.05, 0) is 36.8 Å². The third kappa shape index (κ3) is 3.31. The third-order valence-electron chi connectivity index (χ3n) is 2.10. The molecule has 0 spiro atoms. The number of aryl methyl sites for hydroxylation is 1. The van der Waals surface area contributed by atoms with E-state index in [1.165, 1.54) is 6.08 Å². The minimum Gasteiger partial charge on any atom is -0.465 e. The lowest BCUT2D eigenvalue weighted by Gasteiger charge is -2.00. The third-order valence-corrected chi connectivity index (χ3v) is 2.10. The zero-order valence-corrected chi connectivity index (χ0v) is 9.38. The highest BCUT2D eigenvalue weighted by molar-refractivity contribution is 6.01. The van der Waals surface area contributed by atoms with Crippen molar-refractivity contribution in [3.05, 3.63) is 54.1 Å². The van der Waals surface area contributed by atoms with Gasteiger partial charge in [-0.25, -0.2) is 4.98 Å². The fraction of sp³-hybridized carbons (Fsp3) is 0.0769. The second-order valence-electron chi connectivity index (χ2n) is 3.56. The number of nitrogens with one attached hydrogen (secondary N) is 1. The van der Waals surface area contributed by atoms with Crippen LogP contribution in [0.25, 0.3) is 6.08 Å². The van der Waals surface area contributed by atoms with Gasteiger partial charge in [0.2, 0.25) is 5.91 Å². The van der Waals surface area contributed by atoms with Crippen molar-refractivity contribution in [1.29, 1.82) is 0 Å². The van der Waals surface area contributed by atoms with Gasteiger partial charge in [0.05, 0.1) is 6.26 Å². The molecule has 4 heteroatoms. The summed E-state index contributed by atoms with van der Waals surface area (Å²) in [5.74, 6) is 0.930. The first-order valence-electron chi connectivity index (χ1n) is 5.19. The number of pyridine rings is 1. The van der Waals surface area contributed by atoms with Crippen molar-refractivity contribution in [1.82, 2.24) is 4.98 Å². The summed E-state index contributed by atoms with van der Waals surface area (Å²) in [5, 5.41) is 2.65. The number of carbonyl (C=O) groups excluding carboxylic acids is 1. The van der Waals surface area contributed by atoms with Crippen LogP contribution in [-0.2, 0) is 4.79 Å². The zero-order chi connectivity index (χ0) is 12.1. The normalized spacial score (nSPS) is 10.6. The molecule has 0 fully saturated rings. The van der Waals surface area contributed by atoms with Crippen LogP contribution in [0.15, 0.2) is 47.2 Å². The number of nitrogens with zero attached hydrogens (tertiary/aromatic N) is 1. The van der Waals surface area contributed by atoms with Gasteiger partial charge in [0.25, 0.3) is 0 Å². The monoisotopic (exact) mass is 228 g/mol. The van der Waals surface area contributed by atoms with Crippen molar-refractivity contribution in [2.75, 3.05) is 5.32 Å². The minimum absolute atomic E-state index is 0.238. The highest BCUT2D eigenvalue weighted by Crippen LogP contribution is 2.05. The Labute approximate surface area is 99.0 Å². The maximum absolute atomic E-state index is 11.5. The lowest BCUT2D eigenvalue weighted by atomic mass is 10.3. The number of hydrogen-bond acceptors (Lipinski definition) is 3. The molecule has 2 rings (SSSR count). The molecule has 2 aromatic rings. The molecule has 17 heavy (non-hydrogen) atoms. The van der Waals surface area contributed by atoms with E-state index in [-0.39, 0.29) is 5.91 Å². The van der Waals surface area contributed by atoms with Crippen molar-refractivity contribution in [2.45, 2.75) is 6.92 Å². The van der Waals surface area contributed by atoms with E-state index in [0.29, 0.717) is 11.6 Å². The summed E-state index contributed by atoms with van der Waals surface area (Å²) in [6, 6.07) is 7.18. The maximum Gasteiger partial charge on any atom is 0.249 e. The SMILES string of the molecule is Cc1ccc(NC(=O)C=Cc2ccco2)nc1. The van der Waals surface area contributed by atoms with Crippen molar-refractivity contribution in [3.63, 3.8) is 0 Å². The Hall–Kier alpha value is -2.36. The second kappa shape index (κ2) is 5.12. The largest absolute Gasteiger partial charge is 0.465 e. The predicted octanol–water partition coefficient (Wildman–Crippen LogP) is 2.63. The second-order valence-corrected chi connectivity index (χ2v) is 3.56. The molecule has 0 aliphatic carbocycles. The van der Waals surface area contributed by atoms with E-state index in [4.69, 9.17) is 4.42 Å². The first kappa shape index (κ1) is 11.1. The molecule has 0 radical (unpaired) electrons. The Morgan fingerprint density at radius 1 is 1.41 bits per heavy atom. The number of furan rings is 1. The summed E-state index contributed by atoms with van der Waals surface area (Å²) in [6.45, 7) is 1.94. The molecule has 4 nitrogen and oxygen atoms in total. The molecule has 0 saturated heterocycles. The van der Waals surface area contributed by atoms with Gasteiger partial charge in [-0.15, -0.1) is 0 Å². The lowest BCUT2D eigenvalue weighted by Crippen LogP contribution is -2.08. The van der Waals surface area contributed by atoms with Crippen LogP contribution in [0.4, 0.5) is 5.82 Å². The van der Waals surface area contributed by atoms with Crippen LogP contribution >= 0.6 is 0 Å². The number of anilines is 1. The molecule has 2 heterocycles. The molecule has 0 aliphatic heterocycles. The molecule has 0 saturated carbocycles. The van der Waals surface area contributed by atoms with E-state index >= 15 is 0 Å². The molecule has 0 aromatic carbocycles. The zero-order valence-electron chi connectivity index (χ0n) is 9.38. The van der Waals surface area contributed by atoms with Crippen molar-refractivity contribution in [2.24, 2.45) is 0 Å². The van der Waals surface area contributed by atoms with Crippen LogP contribution in [0.1, 0.15) is 11.3 Å². The quantitative estimate of drug-likeness (QED) is 0.821. The van der Waals surface area contributed by atoms with Crippen LogP contribution in [0, 0.1) is 6.92 Å². The number of amides is 1. The number of aromatic nitrogens is 1. The topological polar surface area (TPSA) is 55.1 Å². The fourth-order valence-electron chi connectivity index (χ4n) is 1.25. The van der Waals surface area contributed by atoms with Crippen LogP contribution in [0.3, 0.4) is 0 Å². The molecule has 0 aliphatic rings. The lowest BCUT2D eigenvalue weighted by molar-refractivity contribution is -0.111. The van der Waals surface area contributed by atoms with Gasteiger partial charge >= 0.3 is 0 Å². The Morgan fingerprint density at radius 3 is 2.94 bits per heavy atom. The van der Waals surface area contributed by atoms with Crippen LogP contribution in [0.2, 0.25) is 0 Å². The molecule has 1 amide bonds. The summed E-state index contributed by atoms with van der Waals surface area (Å²) >= 11 is 0. The molecule has 0 unspecified atom stereocenters. The van der Waals surface area contributed by atoms with Gasteiger partial charge < -0.3 is 9.73 Å². The van der Waals surface area contributed by atoms with Gasteiger partial charge in [0.15, 0.2) is 0 Å². The fourth-order valence-corrected chi connectivity index (χ4v) is 1.25. The minimum atomic E-state index is -0.238. The highest BCUT2D eigenvalue weighted by Gasteiger charge is 1.98. The van der Waals surface area contributed by atoms with E-state index in [1.807, 2.05) is 13.0 Å². The van der Waals surface area contributed by atoms with Gasteiger partial charge in [0.1, 0.15) is 11.6 Å². The number of rotatable bonds is 3. The predicted molar refractivity (Wildman–Crippen MR) is 65.3 cm³/mol. The van der Waals surface area contributed by atoms with Crippen molar-refractivity contribution in [3.8, 4) is 0 Å². The first-order valence-corrected chi connectivity index (χ1v) is 5.19. The molecule has 0 atom stereocenters. The number of hydrogen-bond donors (Lipinski definition) is 1. The molecular weight excluding hydrogens is 216 g/mol.